The Hall–Kier alpha value is -2.56. The Kier molecular flexibility index (Phi) is 5.48. The number of nitrogens with two attached hydrogens (primary N) is 1. The normalized spacial score (nSPS) is 19.4. The average Bonchev–Trinajstić information content (AvgIpc) is 3.16. The van der Waals surface area contributed by atoms with Gasteiger partial charge in [0.25, 0.3) is 0 Å². The Labute approximate surface area is 177 Å². The van der Waals surface area contributed by atoms with Crippen molar-refractivity contribution in [1.82, 2.24) is 0 Å². The maximum absolute atomic E-state index is 14.7. The molecule has 0 unspecified atom stereocenters. The molecule has 2 aromatic rings. The fourth-order valence-electron chi connectivity index (χ4n) is 4.05. The molecule has 1 atom stereocenters. The van der Waals surface area contributed by atoms with E-state index in [2.05, 4.69) is 13.0 Å². The van der Waals surface area contributed by atoms with Crippen molar-refractivity contribution >= 4 is 34.6 Å². The number of para-hydroxylation sites is 1. The monoisotopic (exact) mass is 425 g/mol. The lowest BCUT2D eigenvalue weighted by molar-refractivity contribution is -0.116. The Morgan fingerprint density at radius 2 is 2.14 bits per heavy atom. The first kappa shape index (κ1) is 19.7. The Morgan fingerprint density at radius 1 is 1.34 bits per heavy atom. The van der Waals surface area contributed by atoms with Gasteiger partial charge in [-0.25, -0.2) is 4.39 Å². The van der Waals surface area contributed by atoms with Gasteiger partial charge in [0, 0.05) is 27.5 Å². The van der Waals surface area contributed by atoms with Crippen LogP contribution in [-0.2, 0) is 4.79 Å². The lowest BCUT2D eigenvalue weighted by atomic mass is 9.78. The second-order valence-corrected chi connectivity index (χ2v) is 9.10. The standard InChI is InChI=1S/C22H20FN3OS2/c1-2-28-18-10-11-29-21(18)19-13(12-24)22(25)26(15-7-4-3-6-14(15)23)16-8-5-9-17(27)20(16)19/h3-4,6-7,10-11,19H,2,5,8-9,25H2,1H3/t19-/m0/s1. The average molecular weight is 426 g/mol. The van der Waals surface area contributed by atoms with Crippen LogP contribution in [-0.4, -0.2) is 11.5 Å². The summed E-state index contributed by atoms with van der Waals surface area (Å²) >= 11 is 3.22. The molecule has 2 N–H and O–H groups in total. The molecule has 2 aliphatic rings. The SMILES string of the molecule is CCSc1ccsc1[C@H]1C(C#N)=C(N)N(c2ccccc2F)C2=C1C(=O)CCC2. The smallest absolute Gasteiger partial charge is 0.161 e. The summed E-state index contributed by atoms with van der Waals surface area (Å²) in [5.41, 5.74) is 8.36. The Morgan fingerprint density at radius 3 is 2.86 bits per heavy atom. The first-order valence-corrected chi connectivity index (χ1v) is 11.4. The number of allylic oxidation sites excluding steroid dienone is 3. The number of hydrogen-bond acceptors (Lipinski definition) is 6. The molecule has 1 aromatic heterocycles. The number of hydrogen-bond donors (Lipinski definition) is 1. The van der Waals surface area contributed by atoms with Gasteiger partial charge in [0.05, 0.1) is 23.2 Å². The van der Waals surface area contributed by atoms with Crippen LogP contribution in [0.1, 0.15) is 37.0 Å². The quantitative estimate of drug-likeness (QED) is 0.673. The van der Waals surface area contributed by atoms with Crippen LogP contribution in [0.2, 0.25) is 0 Å². The molecule has 0 spiro atoms. The molecule has 0 amide bonds. The maximum atomic E-state index is 14.7. The molecule has 148 valence electrons. The molecule has 1 aromatic carbocycles. The predicted octanol–water partition coefficient (Wildman–Crippen LogP) is 5.30. The van der Waals surface area contributed by atoms with Crippen molar-refractivity contribution in [1.29, 1.82) is 5.26 Å². The number of carbonyl (C=O) groups is 1. The van der Waals surface area contributed by atoms with Gasteiger partial charge in [0.2, 0.25) is 0 Å². The van der Waals surface area contributed by atoms with Crippen molar-refractivity contribution in [3.05, 3.63) is 69.1 Å². The third kappa shape index (κ3) is 3.26. The van der Waals surface area contributed by atoms with Crippen molar-refractivity contribution < 1.29 is 9.18 Å². The van der Waals surface area contributed by atoms with E-state index in [4.69, 9.17) is 5.73 Å². The summed E-state index contributed by atoms with van der Waals surface area (Å²) in [6.45, 7) is 2.07. The minimum atomic E-state index is -0.486. The van der Waals surface area contributed by atoms with Gasteiger partial charge >= 0.3 is 0 Å². The minimum Gasteiger partial charge on any atom is -0.384 e. The van der Waals surface area contributed by atoms with Gasteiger partial charge in [-0.05, 0) is 42.2 Å². The van der Waals surface area contributed by atoms with Crippen LogP contribution < -0.4 is 10.6 Å². The van der Waals surface area contributed by atoms with Gasteiger partial charge in [-0.15, -0.1) is 23.1 Å². The van der Waals surface area contributed by atoms with Gasteiger partial charge in [-0.3, -0.25) is 9.69 Å². The van der Waals surface area contributed by atoms with Crippen LogP contribution in [0.5, 0.6) is 0 Å². The number of anilines is 1. The predicted molar refractivity (Wildman–Crippen MR) is 115 cm³/mol. The molecule has 29 heavy (non-hydrogen) atoms. The number of rotatable bonds is 4. The summed E-state index contributed by atoms with van der Waals surface area (Å²) < 4.78 is 14.7. The van der Waals surface area contributed by atoms with Crippen LogP contribution in [0.25, 0.3) is 0 Å². The molecular weight excluding hydrogens is 405 g/mol. The molecule has 0 saturated heterocycles. The summed E-state index contributed by atoms with van der Waals surface area (Å²) in [4.78, 5) is 16.7. The molecule has 0 bridgehead atoms. The number of ketones is 1. The third-order valence-corrected chi connectivity index (χ3v) is 7.29. The van der Waals surface area contributed by atoms with Gasteiger partial charge in [-0.1, -0.05) is 19.1 Å². The van der Waals surface area contributed by atoms with Crippen molar-refractivity contribution in [3.63, 3.8) is 0 Å². The second-order valence-electron chi connectivity index (χ2n) is 6.85. The summed E-state index contributed by atoms with van der Waals surface area (Å²) in [6.07, 6.45) is 1.74. The number of thioether (sulfide) groups is 1. The largest absolute Gasteiger partial charge is 0.384 e. The fraction of sp³-hybridized carbons (Fsp3) is 0.273. The number of nitrogens with zero attached hydrogens (tertiary/aromatic N) is 2. The molecule has 4 nitrogen and oxygen atoms in total. The number of benzene rings is 1. The fourth-order valence-corrected chi connectivity index (χ4v) is 6.10. The van der Waals surface area contributed by atoms with E-state index in [1.54, 1.807) is 34.9 Å². The summed E-state index contributed by atoms with van der Waals surface area (Å²) in [5, 5.41) is 12.0. The zero-order valence-corrected chi connectivity index (χ0v) is 17.6. The van der Waals surface area contributed by atoms with Crippen LogP contribution in [0.15, 0.2) is 63.3 Å². The summed E-state index contributed by atoms with van der Waals surface area (Å²) in [7, 11) is 0. The lowest BCUT2D eigenvalue weighted by Gasteiger charge is -2.39. The number of nitriles is 1. The first-order chi connectivity index (χ1) is 14.1. The number of Topliss-reactive ketones (excluding diaryl/α,β-unsaturated/α-hetero) is 1. The lowest BCUT2D eigenvalue weighted by Crippen LogP contribution is -2.39. The van der Waals surface area contributed by atoms with E-state index in [0.717, 1.165) is 15.5 Å². The number of thiophene rings is 1. The van der Waals surface area contributed by atoms with E-state index in [-0.39, 0.29) is 17.3 Å². The van der Waals surface area contributed by atoms with Crippen molar-refractivity contribution in [3.8, 4) is 6.07 Å². The highest BCUT2D eigenvalue weighted by atomic mass is 32.2. The number of carbonyl (C=O) groups excluding carboxylic acids is 1. The van der Waals surface area contributed by atoms with E-state index < -0.39 is 11.7 Å². The topological polar surface area (TPSA) is 70.1 Å². The number of halogens is 1. The molecule has 0 fully saturated rings. The Balaban J connectivity index is 1.98. The first-order valence-electron chi connectivity index (χ1n) is 9.49. The molecular formula is C22H20FN3OS2. The van der Waals surface area contributed by atoms with Gasteiger partial charge in [-0.2, -0.15) is 5.26 Å². The second kappa shape index (κ2) is 8.05. The van der Waals surface area contributed by atoms with Crippen molar-refractivity contribution in [2.45, 2.75) is 37.0 Å². The highest BCUT2D eigenvalue weighted by Crippen LogP contribution is 2.49. The zero-order chi connectivity index (χ0) is 20.5. The zero-order valence-electron chi connectivity index (χ0n) is 15.9. The summed E-state index contributed by atoms with van der Waals surface area (Å²) in [6, 6.07) is 10.6. The third-order valence-electron chi connectivity index (χ3n) is 5.23. The molecule has 4 rings (SSSR count). The van der Waals surface area contributed by atoms with Crippen molar-refractivity contribution in [2.75, 3.05) is 10.7 Å². The van der Waals surface area contributed by atoms with E-state index in [0.29, 0.717) is 36.1 Å². The van der Waals surface area contributed by atoms with Crippen LogP contribution in [0, 0.1) is 17.1 Å². The van der Waals surface area contributed by atoms with E-state index in [1.165, 1.54) is 17.4 Å². The summed E-state index contributed by atoms with van der Waals surface area (Å²) in [5.74, 6) is 0.184. The van der Waals surface area contributed by atoms with Crippen LogP contribution in [0.4, 0.5) is 10.1 Å². The Bertz CT molecular complexity index is 1080. The van der Waals surface area contributed by atoms with Gasteiger partial charge < -0.3 is 5.73 Å². The molecule has 2 heterocycles. The van der Waals surface area contributed by atoms with Crippen LogP contribution >= 0.6 is 23.1 Å². The van der Waals surface area contributed by atoms with E-state index in [9.17, 15) is 14.4 Å². The molecule has 1 aliphatic carbocycles. The van der Waals surface area contributed by atoms with Gasteiger partial charge in [0.15, 0.2) is 5.78 Å². The molecule has 7 heteroatoms. The highest BCUT2D eigenvalue weighted by Gasteiger charge is 2.42. The molecule has 0 saturated carbocycles. The highest BCUT2D eigenvalue weighted by molar-refractivity contribution is 7.99. The minimum absolute atomic E-state index is 0.0127. The van der Waals surface area contributed by atoms with Gasteiger partial charge in [0.1, 0.15) is 11.6 Å². The van der Waals surface area contributed by atoms with Crippen molar-refractivity contribution in [2.24, 2.45) is 5.73 Å². The van der Waals surface area contributed by atoms with E-state index >= 15 is 0 Å². The van der Waals surface area contributed by atoms with Crippen LogP contribution in [0.3, 0.4) is 0 Å². The molecule has 1 aliphatic heterocycles. The van der Waals surface area contributed by atoms with E-state index in [1.807, 2.05) is 11.4 Å². The molecule has 0 radical (unpaired) electrons. The maximum Gasteiger partial charge on any atom is 0.161 e.